The molecule has 1 N–H and O–H groups in total. The second-order valence-electron chi connectivity index (χ2n) is 9.80. The molecule has 0 aliphatic carbocycles. The molecule has 0 bridgehead atoms. The van der Waals surface area contributed by atoms with Crippen LogP contribution in [0.25, 0.3) is 11.1 Å². The lowest BCUT2D eigenvalue weighted by atomic mass is 10.1. The molecule has 2 aromatic carbocycles. The van der Waals surface area contributed by atoms with Crippen LogP contribution in [-0.2, 0) is 6.54 Å². The molecule has 0 radical (unpaired) electrons. The predicted molar refractivity (Wildman–Crippen MR) is 152 cm³/mol. The fourth-order valence-electron chi connectivity index (χ4n) is 4.52. The van der Waals surface area contributed by atoms with Gasteiger partial charge in [-0.25, -0.2) is 19.6 Å². The van der Waals surface area contributed by atoms with E-state index < -0.39 is 0 Å². The molecule has 1 aliphatic rings. The number of nitriles is 1. The summed E-state index contributed by atoms with van der Waals surface area (Å²) in [5.41, 5.74) is 3.21. The molecule has 1 amide bonds. The molecule has 1 atom stereocenters. The number of aromatic nitrogens is 5. The molecule has 210 valence electrons. The van der Waals surface area contributed by atoms with Gasteiger partial charge in [0.2, 0.25) is 5.95 Å². The summed E-state index contributed by atoms with van der Waals surface area (Å²) in [6, 6.07) is 12.8. The Balaban J connectivity index is 1.28. The van der Waals surface area contributed by atoms with Crippen molar-refractivity contribution in [2.24, 2.45) is 0 Å². The van der Waals surface area contributed by atoms with E-state index in [1.165, 1.54) is 6.33 Å². The van der Waals surface area contributed by atoms with Crippen LogP contribution in [0.1, 0.15) is 22.8 Å². The summed E-state index contributed by atoms with van der Waals surface area (Å²) in [5, 5.41) is 16.8. The van der Waals surface area contributed by atoms with Gasteiger partial charge in [0, 0.05) is 49.7 Å². The number of ether oxygens (including phenoxy) is 2. The van der Waals surface area contributed by atoms with Gasteiger partial charge in [-0.3, -0.25) is 4.79 Å². The van der Waals surface area contributed by atoms with Gasteiger partial charge in [-0.15, -0.1) is 0 Å². The van der Waals surface area contributed by atoms with Crippen molar-refractivity contribution < 1.29 is 14.3 Å². The van der Waals surface area contributed by atoms with E-state index in [2.05, 4.69) is 43.4 Å². The van der Waals surface area contributed by atoms with E-state index in [-0.39, 0.29) is 12.0 Å². The molecule has 5 rings (SSSR count). The molecule has 1 saturated heterocycles. The van der Waals surface area contributed by atoms with Gasteiger partial charge in [-0.2, -0.15) is 10.4 Å². The van der Waals surface area contributed by atoms with Gasteiger partial charge in [-0.05, 0) is 49.9 Å². The molecule has 0 spiro atoms. The van der Waals surface area contributed by atoms with Gasteiger partial charge in [0.1, 0.15) is 36.3 Å². The van der Waals surface area contributed by atoms with Gasteiger partial charge >= 0.3 is 0 Å². The Hall–Kier alpha value is -5.02. The second-order valence-corrected chi connectivity index (χ2v) is 9.80. The Bertz CT molecular complexity index is 1530. The zero-order chi connectivity index (χ0) is 28.8. The monoisotopic (exact) mass is 553 g/mol. The first kappa shape index (κ1) is 27.5. The minimum Gasteiger partial charge on any atom is -0.495 e. The number of piperazine rings is 1. The average Bonchev–Trinajstić information content (AvgIpc) is 3.50. The fourth-order valence-corrected chi connectivity index (χ4v) is 4.52. The number of hydrogen-bond donors (Lipinski definition) is 1. The summed E-state index contributed by atoms with van der Waals surface area (Å²) in [5.74, 6) is 1.35. The van der Waals surface area contributed by atoms with Crippen molar-refractivity contribution in [3.63, 3.8) is 0 Å². The minimum atomic E-state index is -0.236. The van der Waals surface area contributed by atoms with E-state index in [0.717, 1.165) is 24.2 Å². The van der Waals surface area contributed by atoms with E-state index in [4.69, 9.17) is 9.47 Å². The number of nitrogens with one attached hydrogen (secondary N) is 1. The van der Waals surface area contributed by atoms with Crippen LogP contribution in [0.2, 0.25) is 0 Å². The third-order valence-electron chi connectivity index (χ3n) is 6.81. The Morgan fingerprint density at radius 3 is 2.54 bits per heavy atom. The van der Waals surface area contributed by atoms with E-state index in [9.17, 15) is 10.1 Å². The topological polar surface area (TPSA) is 134 Å². The summed E-state index contributed by atoms with van der Waals surface area (Å²) in [6.45, 7) is 5.51. The number of carbonyl (C=O) groups is 1. The largest absolute Gasteiger partial charge is 0.495 e. The zero-order valence-corrected chi connectivity index (χ0v) is 23.2. The maximum absolute atomic E-state index is 13.0. The maximum atomic E-state index is 13.0. The third kappa shape index (κ3) is 6.59. The van der Waals surface area contributed by atoms with Crippen molar-refractivity contribution in [1.29, 1.82) is 5.26 Å². The molecule has 12 heteroatoms. The number of rotatable bonds is 9. The number of methoxy groups -OCH3 is 1. The second kappa shape index (κ2) is 12.4. The smallest absolute Gasteiger partial charge is 0.254 e. The van der Waals surface area contributed by atoms with Crippen LogP contribution in [-0.4, -0.2) is 86.9 Å². The highest BCUT2D eigenvalue weighted by Gasteiger charge is 2.21. The van der Waals surface area contributed by atoms with Crippen LogP contribution in [0.4, 0.5) is 11.6 Å². The number of carbonyl (C=O) groups excluding carboxylic acids is 1. The number of amides is 1. The summed E-state index contributed by atoms with van der Waals surface area (Å²) in [4.78, 5) is 29.9. The first-order valence-electron chi connectivity index (χ1n) is 13.2. The lowest BCUT2D eigenvalue weighted by molar-refractivity contribution is 0.0664. The molecule has 3 heterocycles. The Kier molecular flexibility index (Phi) is 8.36. The molecule has 1 fully saturated rings. The highest BCUT2D eigenvalue weighted by Crippen LogP contribution is 2.30. The van der Waals surface area contributed by atoms with Crippen molar-refractivity contribution in [3.05, 3.63) is 72.6 Å². The van der Waals surface area contributed by atoms with Crippen LogP contribution in [0.3, 0.4) is 0 Å². The Morgan fingerprint density at radius 2 is 1.85 bits per heavy atom. The molecule has 2 aromatic heterocycles. The molecule has 12 nitrogen and oxygen atoms in total. The number of nitrogens with zero attached hydrogens (tertiary/aromatic N) is 8. The summed E-state index contributed by atoms with van der Waals surface area (Å²) in [7, 11) is 3.62. The van der Waals surface area contributed by atoms with Gasteiger partial charge in [0.15, 0.2) is 0 Å². The van der Waals surface area contributed by atoms with Gasteiger partial charge in [-0.1, -0.05) is 6.07 Å². The van der Waals surface area contributed by atoms with Crippen LogP contribution in [0, 0.1) is 11.3 Å². The molecular weight excluding hydrogens is 522 g/mol. The highest BCUT2D eigenvalue weighted by atomic mass is 16.5. The van der Waals surface area contributed by atoms with E-state index in [0.29, 0.717) is 53.9 Å². The Labute approximate surface area is 238 Å². The SMILES string of the molecule is COc1cc(C(=O)N2CCN(C)CC2)ccc1Nc1ncc(-c2ccc(C#N)c(OC(C)Cn3cncn3)c2)cn1. The number of benzene rings is 2. The summed E-state index contributed by atoms with van der Waals surface area (Å²) >= 11 is 0. The van der Waals surface area contributed by atoms with E-state index >= 15 is 0 Å². The minimum absolute atomic E-state index is 0.0119. The lowest BCUT2D eigenvalue weighted by Crippen LogP contribution is -2.47. The van der Waals surface area contributed by atoms with Crippen LogP contribution in [0.15, 0.2) is 61.4 Å². The first-order valence-corrected chi connectivity index (χ1v) is 13.2. The van der Waals surface area contributed by atoms with Crippen LogP contribution < -0.4 is 14.8 Å². The van der Waals surface area contributed by atoms with Crippen LogP contribution >= 0.6 is 0 Å². The third-order valence-corrected chi connectivity index (χ3v) is 6.81. The Morgan fingerprint density at radius 1 is 1.07 bits per heavy atom. The standard InChI is InChI=1S/C29H31N9O3/c1-20(17-38-19-31-18-34-38)41-26-12-21(4-5-23(26)14-30)24-15-32-29(33-16-24)35-25-7-6-22(13-27(25)40-3)28(39)37-10-8-36(2)9-11-37/h4-7,12-13,15-16,18-20H,8-11,17H2,1-3H3,(H,32,33,35). The van der Waals surface area contributed by atoms with Crippen molar-refractivity contribution in [3.8, 4) is 28.7 Å². The van der Waals surface area contributed by atoms with Crippen molar-refractivity contribution in [2.75, 3.05) is 45.7 Å². The molecule has 41 heavy (non-hydrogen) atoms. The first-order chi connectivity index (χ1) is 19.9. The number of likely N-dealkylation sites (N-methyl/N-ethyl adjacent to an activating group) is 1. The van der Waals surface area contributed by atoms with E-state index in [1.54, 1.807) is 60.8 Å². The van der Waals surface area contributed by atoms with Gasteiger partial charge < -0.3 is 24.6 Å². The van der Waals surface area contributed by atoms with Gasteiger partial charge in [0.05, 0.1) is 24.9 Å². The zero-order valence-electron chi connectivity index (χ0n) is 23.2. The quantitative estimate of drug-likeness (QED) is 0.329. The lowest BCUT2D eigenvalue weighted by Gasteiger charge is -2.32. The van der Waals surface area contributed by atoms with Crippen molar-refractivity contribution in [2.45, 2.75) is 19.6 Å². The van der Waals surface area contributed by atoms with Crippen molar-refractivity contribution in [1.82, 2.24) is 34.5 Å². The van der Waals surface area contributed by atoms with Gasteiger partial charge in [0.25, 0.3) is 5.91 Å². The summed E-state index contributed by atoms with van der Waals surface area (Å²) in [6.07, 6.45) is 6.23. The van der Waals surface area contributed by atoms with Crippen LogP contribution in [0.5, 0.6) is 11.5 Å². The van der Waals surface area contributed by atoms with Crippen molar-refractivity contribution >= 4 is 17.5 Å². The normalized spacial score (nSPS) is 14.2. The molecule has 1 unspecified atom stereocenters. The summed E-state index contributed by atoms with van der Waals surface area (Å²) < 4.78 is 13.3. The van der Waals surface area contributed by atoms with E-state index in [1.807, 2.05) is 17.9 Å². The predicted octanol–water partition coefficient (Wildman–Crippen LogP) is 3.21. The molecule has 4 aromatic rings. The molecule has 0 saturated carbocycles. The fraction of sp³-hybridized carbons (Fsp3) is 0.310. The average molecular weight is 554 g/mol. The molecule has 1 aliphatic heterocycles. The number of anilines is 2. The maximum Gasteiger partial charge on any atom is 0.254 e. The molecular formula is C29H31N9O3. The highest BCUT2D eigenvalue weighted by molar-refractivity contribution is 5.95. The number of hydrogen-bond acceptors (Lipinski definition) is 10.